The predicted octanol–water partition coefficient (Wildman–Crippen LogP) is 4.73. The van der Waals surface area contributed by atoms with Crippen molar-refractivity contribution in [2.24, 2.45) is 5.10 Å². The van der Waals surface area contributed by atoms with Crippen LogP contribution in [0.25, 0.3) is 0 Å². The summed E-state index contributed by atoms with van der Waals surface area (Å²) in [5.74, 6) is -0.716. The Morgan fingerprint density at radius 3 is 2.42 bits per heavy atom. The van der Waals surface area contributed by atoms with Gasteiger partial charge >= 0.3 is 11.7 Å². The Balaban J connectivity index is 1.63. The summed E-state index contributed by atoms with van der Waals surface area (Å²) >= 11 is 3.37. The van der Waals surface area contributed by atoms with E-state index in [2.05, 4.69) is 26.5 Å². The zero-order chi connectivity index (χ0) is 26.2. The van der Waals surface area contributed by atoms with Crippen LogP contribution in [0.5, 0.6) is 17.2 Å². The molecule has 0 aliphatic heterocycles. The summed E-state index contributed by atoms with van der Waals surface area (Å²) in [6, 6.07) is 14.6. The van der Waals surface area contributed by atoms with E-state index in [1.807, 2.05) is 19.1 Å². The summed E-state index contributed by atoms with van der Waals surface area (Å²) in [5, 5.41) is 15.0. The number of nitrogens with one attached hydrogen (secondary N) is 1. The lowest BCUT2D eigenvalue weighted by Crippen LogP contribution is -2.24. The second-order valence-electron chi connectivity index (χ2n) is 7.60. The lowest BCUT2D eigenvalue weighted by molar-refractivity contribution is -0.385. The number of benzene rings is 3. The Bertz CT molecular complexity index is 1320. The third-order valence-electron chi connectivity index (χ3n) is 4.81. The first-order chi connectivity index (χ1) is 17.2. The van der Waals surface area contributed by atoms with Gasteiger partial charge in [0.2, 0.25) is 0 Å². The van der Waals surface area contributed by atoms with Gasteiger partial charge in [0.15, 0.2) is 23.9 Å². The van der Waals surface area contributed by atoms with Crippen LogP contribution in [0.1, 0.15) is 27.0 Å². The molecule has 3 aromatic carbocycles. The molecule has 3 rings (SSSR count). The predicted molar refractivity (Wildman–Crippen MR) is 136 cm³/mol. The fourth-order valence-electron chi connectivity index (χ4n) is 3.00. The number of ether oxygens (including phenoxy) is 3. The molecule has 11 heteroatoms. The number of hydrogen-bond acceptors (Lipinski definition) is 8. The molecule has 0 unspecified atom stereocenters. The van der Waals surface area contributed by atoms with E-state index in [-0.39, 0.29) is 22.9 Å². The summed E-state index contributed by atoms with van der Waals surface area (Å²) in [7, 11) is 1.43. The molecule has 0 aromatic heterocycles. The molecule has 1 N–H and O–H groups in total. The van der Waals surface area contributed by atoms with Crippen molar-refractivity contribution in [3.8, 4) is 17.2 Å². The van der Waals surface area contributed by atoms with E-state index in [9.17, 15) is 19.7 Å². The summed E-state index contributed by atoms with van der Waals surface area (Å²) in [6.07, 6.45) is 1.35. The number of aryl methyl sites for hydroxylation is 2. The highest BCUT2D eigenvalue weighted by atomic mass is 79.9. The molecule has 10 nitrogen and oxygen atoms in total. The van der Waals surface area contributed by atoms with E-state index in [1.165, 1.54) is 25.5 Å². The third kappa shape index (κ3) is 6.89. The van der Waals surface area contributed by atoms with Gasteiger partial charge in [0, 0.05) is 6.07 Å². The Hall–Kier alpha value is -4.25. The fourth-order valence-corrected chi connectivity index (χ4v) is 3.54. The molecule has 36 heavy (non-hydrogen) atoms. The van der Waals surface area contributed by atoms with E-state index in [0.717, 1.165) is 5.56 Å². The molecular weight excluding hydrogens is 534 g/mol. The fraction of sp³-hybridized carbons (Fsp3) is 0.160. The molecule has 1 amide bonds. The van der Waals surface area contributed by atoms with Crippen LogP contribution in [0, 0.1) is 24.0 Å². The molecular formula is C25H22BrN3O7. The van der Waals surface area contributed by atoms with Gasteiger partial charge in [-0.15, -0.1) is 0 Å². The van der Waals surface area contributed by atoms with Crippen molar-refractivity contribution in [2.45, 2.75) is 13.8 Å². The van der Waals surface area contributed by atoms with Gasteiger partial charge in [-0.25, -0.2) is 10.2 Å². The van der Waals surface area contributed by atoms with Crippen LogP contribution in [0.3, 0.4) is 0 Å². The minimum atomic E-state index is -0.615. The summed E-state index contributed by atoms with van der Waals surface area (Å²) in [6.45, 7) is 3.16. The number of nitrogens with zero attached hydrogens (tertiary/aromatic N) is 2. The Kier molecular flexibility index (Phi) is 8.74. The van der Waals surface area contributed by atoms with Crippen molar-refractivity contribution >= 4 is 39.7 Å². The van der Waals surface area contributed by atoms with Crippen LogP contribution in [0.4, 0.5) is 5.69 Å². The quantitative estimate of drug-likeness (QED) is 0.133. The van der Waals surface area contributed by atoms with E-state index in [4.69, 9.17) is 14.2 Å². The van der Waals surface area contributed by atoms with Gasteiger partial charge in [-0.1, -0.05) is 23.8 Å². The minimum absolute atomic E-state index is 0.0193. The number of carbonyl (C=O) groups excluding carboxylic acids is 2. The maximum atomic E-state index is 12.5. The Morgan fingerprint density at radius 2 is 1.75 bits per heavy atom. The molecule has 0 saturated heterocycles. The van der Waals surface area contributed by atoms with Crippen LogP contribution in [-0.2, 0) is 4.79 Å². The summed E-state index contributed by atoms with van der Waals surface area (Å²) < 4.78 is 16.6. The molecule has 186 valence electrons. The van der Waals surface area contributed by atoms with Crippen LogP contribution in [0.2, 0.25) is 0 Å². The zero-order valence-electron chi connectivity index (χ0n) is 19.6. The maximum Gasteiger partial charge on any atom is 0.343 e. The average molecular weight is 556 g/mol. The molecule has 0 heterocycles. The number of halogens is 1. The van der Waals surface area contributed by atoms with Crippen LogP contribution >= 0.6 is 15.9 Å². The second kappa shape index (κ2) is 11.9. The largest absolute Gasteiger partial charge is 0.493 e. The lowest BCUT2D eigenvalue weighted by Gasteiger charge is -2.12. The molecule has 0 spiro atoms. The van der Waals surface area contributed by atoms with Crippen LogP contribution < -0.4 is 19.6 Å². The smallest absolute Gasteiger partial charge is 0.343 e. The minimum Gasteiger partial charge on any atom is -0.493 e. The van der Waals surface area contributed by atoms with Crippen LogP contribution in [-0.4, -0.2) is 36.7 Å². The molecule has 3 aromatic rings. The topological polar surface area (TPSA) is 129 Å². The average Bonchev–Trinajstić information content (AvgIpc) is 2.84. The summed E-state index contributed by atoms with van der Waals surface area (Å²) in [4.78, 5) is 35.1. The zero-order valence-corrected chi connectivity index (χ0v) is 21.2. The number of amides is 1. The maximum absolute atomic E-state index is 12.5. The number of esters is 1. The van der Waals surface area contributed by atoms with Gasteiger partial charge in [-0.05, 0) is 71.2 Å². The van der Waals surface area contributed by atoms with Gasteiger partial charge < -0.3 is 14.2 Å². The van der Waals surface area contributed by atoms with E-state index in [0.29, 0.717) is 21.2 Å². The highest BCUT2D eigenvalue weighted by Gasteiger charge is 2.18. The van der Waals surface area contributed by atoms with Gasteiger partial charge in [-0.3, -0.25) is 14.9 Å². The molecule has 0 atom stereocenters. The third-order valence-corrected chi connectivity index (χ3v) is 5.40. The number of hydrazone groups is 1. The highest BCUT2D eigenvalue weighted by molar-refractivity contribution is 9.10. The molecule has 0 bridgehead atoms. The second-order valence-corrected chi connectivity index (χ2v) is 8.45. The van der Waals surface area contributed by atoms with Crippen molar-refractivity contribution in [1.29, 1.82) is 0 Å². The number of rotatable bonds is 9. The van der Waals surface area contributed by atoms with Crippen molar-refractivity contribution in [2.75, 3.05) is 13.7 Å². The number of carbonyl (C=O) groups is 2. The Morgan fingerprint density at radius 1 is 1.06 bits per heavy atom. The first kappa shape index (κ1) is 26.4. The number of hydrogen-bond donors (Lipinski definition) is 1. The highest BCUT2D eigenvalue weighted by Crippen LogP contribution is 2.37. The van der Waals surface area contributed by atoms with E-state index < -0.39 is 23.4 Å². The summed E-state index contributed by atoms with van der Waals surface area (Å²) in [5.41, 5.74) is 4.69. The SMILES string of the molecule is COc1cc(C=NNC(=O)COc2ccc(C)cc2[N+](=O)[O-])cc(Br)c1OC(=O)c1ccc(C)cc1. The first-order valence-corrected chi connectivity index (χ1v) is 11.3. The van der Waals surface area contributed by atoms with Crippen molar-refractivity contribution in [3.63, 3.8) is 0 Å². The van der Waals surface area contributed by atoms with Crippen molar-refractivity contribution in [1.82, 2.24) is 5.43 Å². The van der Waals surface area contributed by atoms with E-state index in [1.54, 1.807) is 37.3 Å². The van der Waals surface area contributed by atoms with Gasteiger partial charge in [-0.2, -0.15) is 5.10 Å². The standard InChI is InChI=1S/C25H22BrN3O7/c1-15-4-7-18(8-5-15)25(31)36-24-19(26)11-17(12-22(24)34-3)13-27-28-23(30)14-35-21-9-6-16(2)10-20(21)29(32)33/h4-13H,14H2,1-3H3,(H,28,30). The monoisotopic (exact) mass is 555 g/mol. The van der Waals surface area contributed by atoms with Gasteiger partial charge in [0.05, 0.1) is 28.3 Å². The molecule has 0 aliphatic rings. The lowest BCUT2D eigenvalue weighted by atomic mass is 10.1. The van der Waals surface area contributed by atoms with Gasteiger partial charge in [0.1, 0.15) is 0 Å². The van der Waals surface area contributed by atoms with E-state index >= 15 is 0 Å². The number of nitro groups is 1. The molecule has 0 radical (unpaired) electrons. The molecule has 0 aliphatic carbocycles. The molecule has 0 saturated carbocycles. The van der Waals surface area contributed by atoms with Crippen molar-refractivity contribution in [3.05, 3.63) is 91.4 Å². The van der Waals surface area contributed by atoms with Crippen molar-refractivity contribution < 1.29 is 28.7 Å². The first-order valence-electron chi connectivity index (χ1n) is 10.5. The van der Waals surface area contributed by atoms with Crippen LogP contribution in [0.15, 0.2) is 64.2 Å². The number of methoxy groups -OCH3 is 1. The molecule has 0 fully saturated rings. The number of nitro benzene ring substituents is 1. The normalized spacial score (nSPS) is 10.7. The Labute approximate surface area is 215 Å². The van der Waals surface area contributed by atoms with Gasteiger partial charge in [0.25, 0.3) is 5.91 Å².